The molecule has 0 spiro atoms. The summed E-state index contributed by atoms with van der Waals surface area (Å²) in [6, 6.07) is 9.26. The van der Waals surface area contributed by atoms with Crippen LogP contribution < -0.4 is 14.4 Å². The summed E-state index contributed by atoms with van der Waals surface area (Å²) in [7, 11) is 3.15. The Bertz CT molecular complexity index is 698. The number of carbonyl (C=O) groups excluding carboxylic acids is 1. The molecule has 1 aliphatic rings. The van der Waals surface area contributed by atoms with Gasteiger partial charge in [0.25, 0.3) is 5.91 Å². The molecule has 6 heteroatoms. The van der Waals surface area contributed by atoms with Crippen LogP contribution in [-0.4, -0.2) is 56.2 Å². The Kier molecular flexibility index (Phi) is 4.84. The third-order valence-electron chi connectivity index (χ3n) is 4.23. The Labute approximate surface area is 141 Å². The van der Waals surface area contributed by atoms with E-state index in [1.54, 1.807) is 44.8 Å². The lowest BCUT2D eigenvalue weighted by molar-refractivity contribution is 0.0746. The Morgan fingerprint density at radius 1 is 0.958 bits per heavy atom. The monoisotopic (exact) mass is 327 g/mol. The fraction of sp³-hybridized carbons (Fsp3) is 0.333. The highest BCUT2D eigenvalue weighted by Crippen LogP contribution is 2.28. The molecule has 0 bridgehead atoms. The van der Waals surface area contributed by atoms with Crippen LogP contribution in [0.15, 0.2) is 42.7 Å². The summed E-state index contributed by atoms with van der Waals surface area (Å²) in [6.07, 6.45) is 3.58. The third-order valence-corrected chi connectivity index (χ3v) is 4.23. The number of amides is 1. The summed E-state index contributed by atoms with van der Waals surface area (Å²) >= 11 is 0. The minimum Gasteiger partial charge on any atom is -0.493 e. The molecule has 2 aromatic rings. The lowest BCUT2D eigenvalue weighted by Gasteiger charge is -2.36. The summed E-state index contributed by atoms with van der Waals surface area (Å²) in [5.41, 5.74) is 1.76. The van der Waals surface area contributed by atoms with E-state index in [9.17, 15) is 4.79 Å². The second-order valence-corrected chi connectivity index (χ2v) is 5.55. The fourth-order valence-corrected chi connectivity index (χ4v) is 2.87. The first kappa shape index (κ1) is 16.1. The number of methoxy groups -OCH3 is 2. The van der Waals surface area contributed by atoms with Gasteiger partial charge in [-0.25, -0.2) is 0 Å². The largest absolute Gasteiger partial charge is 0.493 e. The predicted molar refractivity (Wildman–Crippen MR) is 91.9 cm³/mol. The molecule has 3 rings (SSSR count). The quantitative estimate of drug-likeness (QED) is 0.860. The summed E-state index contributed by atoms with van der Waals surface area (Å²) < 4.78 is 10.5. The third kappa shape index (κ3) is 3.27. The van der Waals surface area contributed by atoms with Crippen molar-refractivity contribution >= 4 is 11.6 Å². The summed E-state index contributed by atoms with van der Waals surface area (Å²) in [6.45, 7) is 3.00. The van der Waals surface area contributed by atoms with E-state index in [1.165, 1.54) is 0 Å². The highest BCUT2D eigenvalue weighted by molar-refractivity contribution is 5.95. The molecule has 6 nitrogen and oxygen atoms in total. The highest BCUT2D eigenvalue weighted by Gasteiger charge is 2.23. The minimum atomic E-state index is 0.0188. The molecule has 1 aromatic carbocycles. The van der Waals surface area contributed by atoms with Crippen molar-refractivity contribution in [1.29, 1.82) is 0 Å². The average molecular weight is 327 g/mol. The van der Waals surface area contributed by atoms with Gasteiger partial charge in [0.1, 0.15) is 0 Å². The molecule has 1 aromatic heterocycles. The Hall–Kier alpha value is -2.76. The van der Waals surface area contributed by atoms with Crippen molar-refractivity contribution in [2.24, 2.45) is 0 Å². The zero-order valence-electron chi connectivity index (χ0n) is 13.9. The van der Waals surface area contributed by atoms with Crippen LogP contribution in [0.3, 0.4) is 0 Å². The highest BCUT2D eigenvalue weighted by atomic mass is 16.5. The molecule has 1 saturated heterocycles. The van der Waals surface area contributed by atoms with E-state index in [0.29, 0.717) is 30.2 Å². The SMILES string of the molecule is COc1ccc(C(=O)N2CCN(c3ccncc3)CC2)cc1OC. The smallest absolute Gasteiger partial charge is 0.254 e. The first-order valence-electron chi connectivity index (χ1n) is 7.89. The Morgan fingerprint density at radius 3 is 2.25 bits per heavy atom. The number of pyridine rings is 1. The number of piperazine rings is 1. The van der Waals surface area contributed by atoms with Gasteiger partial charge in [-0.2, -0.15) is 0 Å². The topological polar surface area (TPSA) is 54.9 Å². The van der Waals surface area contributed by atoms with Gasteiger partial charge >= 0.3 is 0 Å². The number of anilines is 1. The molecular formula is C18H21N3O3. The predicted octanol–water partition coefficient (Wildman–Crippen LogP) is 2.06. The van der Waals surface area contributed by atoms with Crippen LogP contribution in [0.1, 0.15) is 10.4 Å². The number of hydrogen-bond donors (Lipinski definition) is 0. The number of benzene rings is 1. The van der Waals surface area contributed by atoms with E-state index in [1.807, 2.05) is 17.0 Å². The molecule has 0 unspecified atom stereocenters. The molecule has 1 aliphatic heterocycles. The molecule has 0 saturated carbocycles. The van der Waals surface area contributed by atoms with Crippen molar-refractivity contribution in [1.82, 2.24) is 9.88 Å². The van der Waals surface area contributed by atoms with E-state index >= 15 is 0 Å². The van der Waals surface area contributed by atoms with Gasteiger partial charge in [-0.1, -0.05) is 0 Å². The van der Waals surface area contributed by atoms with Crippen LogP contribution in [0.25, 0.3) is 0 Å². The van der Waals surface area contributed by atoms with E-state index in [2.05, 4.69) is 9.88 Å². The maximum absolute atomic E-state index is 12.7. The van der Waals surface area contributed by atoms with Gasteiger partial charge in [0.15, 0.2) is 11.5 Å². The van der Waals surface area contributed by atoms with Crippen LogP contribution in [0.2, 0.25) is 0 Å². The van der Waals surface area contributed by atoms with E-state index in [4.69, 9.17) is 9.47 Å². The Balaban J connectivity index is 1.67. The maximum Gasteiger partial charge on any atom is 0.254 e. The van der Waals surface area contributed by atoms with Gasteiger partial charge in [0.2, 0.25) is 0 Å². The van der Waals surface area contributed by atoms with Gasteiger partial charge in [0.05, 0.1) is 14.2 Å². The van der Waals surface area contributed by atoms with Gasteiger partial charge in [0, 0.05) is 49.8 Å². The lowest BCUT2D eigenvalue weighted by Crippen LogP contribution is -2.48. The molecular weight excluding hydrogens is 306 g/mol. The van der Waals surface area contributed by atoms with Crippen molar-refractivity contribution in [2.45, 2.75) is 0 Å². The first-order valence-corrected chi connectivity index (χ1v) is 7.89. The fourth-order valence-electron chi connectivity index (χ4n) is 2.87. The van der Waals surface area contributed by atoms with Gasteiger partial charge < -0.3 is 19.3 Å². The van der Waals surface area contributed by atoms with E-state index in [-0.39, 0.29) is 5.91 Å². The molecule has 2 heterocycles. The molecule has 0 N–H and O–H groups in total. The van der Waals surface area contributed by atoms with Crippen LogP contribution >= 0.6 is 0 Å². The molecule has 1 amide bonds. The number of carbonyl (C=O) groups is 1. The first-order chi connectivity index (χ1) is 11.7. The number of aromatic nitrogens is 1. The second-order valence-electron chi connectivity index (χ2n) is 5.55. The van der Waals surface area contributed by atoms with Crippen LogP contribution in [-0.2, 0) is 0 Å². The minimum absolute atomic E-state index is 0.0188. The summed E-state index contributed by atoms with van der Waals surface area (Å²) in [4.78, 5) is 20.9. The van der Waals surface area contributed by atoms with E-state index < -0.39 is 0 Å². The normalized spacial score (nSPS) is 14.4. The molecule has 0 radical (unpaired) electrons. The summed E-state index contributed by atoms with van der Waals surface area (Å²) in [5, 5.41) is 0. The maximum atomic E-state index is 12.7. The standard InChI is InChI=1S/C18H21N3O3/c1-23-16-4-3-14(13-17(16)24-2)18(22)21-11-9-20(10-12-21)15-5-7-19-8-6-15/h3-8,13H,9-12H2,1-2H3. The average Bonchev–Trinajstić information content (AvgIpc) is 2.67. The molecule has 24 heavy (non-hydrogen) atoms. The second kappa shape index (κ2) is 7.21. The number of hydrogen-bond acceptors (Lipinski definition) is 5. The van der Waals surface area contributed by atoms with Crippen molar-refractivity contribution in [2.75, 3.05) is 45.3 Å². The van der Waals surface area contributed by atoms with E-state index in [0.717, 1.165) is 18.8 Å². The van der Waals surface area contributed by atoms with Gasteiger partial charge in [-0.15, -0.1) is 0 Å². The van der Waals surface area contributed by atoms with Crippen molar-refractivity contribution in [3.63, 3.8) is 0 Å². The van der Waals surface area contributed by atoms with Gasteiger partial charge in [-0.05, 0) is 30.3 Å². The lowest BCUT2D eigenvalue weighted by atomic mass is 10.1. The van der Waals surface area contributed by atoms with Crippen molar-refractivity contribution in [3.05, 3.63) is 48.3 Å². The van der Waals surface area contributed by atoms with Crippen LogP contribution in [0, 0.1) is 0 Å². The molecule has 0 aliphatic carbocycles. The number of ether oxygens (including phenoxy) is 2. The van der Waals surface area contributed by atoms with Crippen LogP contribution in [0.5, 0.6) is 11.5 Å². The van der Waals surface area contributed by atoms with Crippen LogP contribution in [0.4, 0.5) is 5.69 Å². The zero-order valence-corrected chi connectivity index (χ0v) is 13.9. The Morgan fingerprint density at radius 2 is 1.62 bits per heavy atom. The zero-order chi connectivity index (χ0) is 16.9. The number of rotatable bonds is 4. The molecule has 1 fully saturated rings. The van der Waals surface area contributed by atoms with Crippen molar-refractivity contribution in [3.8, 4) is 11.5 Å². The van der Waals surface area contributed by atoms with Gasteiger partial charge in [-0.3, -0.25) is 9.78 Å². The summed E-state index contributed by atoms with van der Waals surface area (Å²) in [5.74, 6) is 1.21. The molecule has 126 valence electrons. The number of nitrogens with zero attached hydrogens (tertiary/aromatic N) is 3. The van der Waals surface area contributed by atoms with Crippen molar-refractivity contribution < 1.29 is 14.3 Å². The molecule has 0 atom stereocenters.